The lowest BCUT2D eigenvalue weighted by Gasteiger charge is -2.19. The average Bonchev–Trinajstić information content (AvgIpc) is 2.92. The number of ether oxygens (including phenoxy) is 1. The molecule has 1 aromatic heterocycles. The van der Waals surface area contributed by atoms with Crippen LogP contribution in [0.25, 0.3) is 0 Å². The molecule has 2 aromatic rings. The minimum atomic E-state index is -0.541. The Labute approximate surface area is 155 Å². The second-order valence-electron chi connectivity index (χ2n) is 6.67. The van der Waals surface area contributed by atoms with E-state index in [1.807, 2.05) is 32.9 Å². The lowest BCUT2D eigenvalue weighted by molar-refractivity contribution is 0.0528. The number of aromatic nitrogens is 2. The van der Waals surface area contributed by atoms with Gasteiger partial charge < -0.3 is 14.6 Å². The van der Waals surface area contributed by atoms with Gasteiger partial charge in [0.15, 0.2) is 5.82 Å². The Bertz CT molecular complexity index is 778. The zero-order chi connectivity index (χ0) is 18.6. The number of carbonyl (C=O) groups excluding carboxylic acids is 2. The van der Waals surface area contributed by atoms with Gasteiger partial charge in [0.25, 0.3) is 0 Å². The van der Waals surface area contributed by atoms with E-state index < -0.39 is 11.7 Å². The van der Waals surface area contributed by atoms with Crippen molar-refractivity contribution in [3.63, 3.8) is 0 Å². The highest BCUT2D eigenvalue weighted by molar-refractivity contribution is 9.10. The van der Waals surface area contributed by atoms with Crippen molar-refractivity contribution < 1.29 is 14.3 Å². The van der Waals surface area contributed by atoms with Gasteiger partial charge in [-0.25, -0.2) is 9.78 Å². The van der Waals surface area contributed by atoms with Gasteiger partial charge in [0.2, 0.25) is 5.78 Å². The molecule has 0 bridgehead atoms. The van der Waals surface area contributed by atoms with Crippen LogP contribution in [-0.4, -0.2) is 33.6 Å². The molecule has 1 amide bonds. The molecule has 1 N–H and O–H groups in total. The zero-order valence-corrected chi connectivity index (χ0v) is 16.4. The van der Waals surface area contributed by atoms with E-state index in [1.54, 1.807) is 30.1 Å². The number of nitrogens with one attached hydrogen (secondary N) is 1. The van der Waals surface area contributed by atoms with Crippen molar-refractivity contribution in [1.29, 1.82) is 0 Å². The van der Waals surface area contributed by atoms with Crippen LogP contribution in [0.3, 0.4) is 0 Å². The molecule has 134 valence electrons. The highest BCUT2D eigenvalue weighted by Crippen LogP contribution is 2.20. The van der Waals surface area contributed by atoms with Gasteiger partial charge in [0.05, 0.1) is 0 Å². The van der Waals surface area contributed by atoms with Crippen LogP contribution in [0, 0.1) is 0 Å². The summed E-state index contributed by atoms with van der Waals surface area (Å²) in [5.41, 5.74) is 0.864. The normalized spacial score (nSPS) is 11.2. The van der Waals surface area contributed by atoms with Crippen LogP contribution < -0.4 is 5.32 Å². The summed E-state index contributed by atoms with van der Waals surface area (Å²) < 4.78 is 7.71. The highest BCUT2D eigenvalue weighted by atomic mass is 79.9. The van der Waals surface area contributed by atoms with E-state index >= 15 is 0 Å². The molecule has 0 radical (unpaired) electrons. The molecular weight excluding hydrogens is 386 g/mol. The summed E-state index contributed by atoms with van der Waals surface area (Å²) in [6.45, 7) is 5.80. The van der Waals surface area contributed by atoms with Crippen molar-refractivity contribution >= 4 is 27.8 Å². The minimum absolute atomic E-state index is 0.152. The van der Waals surface area contributed by atoms with E-state index in [4.69, 9.17) is 4.74 Å². The van der Waals surface area contributed by atoms with Gasteiger partial charge in [-0.3, -0.25) is 4.79 Å². The van der Waals surface area contributed by atoms with Crippen molar-refractivity contribution in [2.45, 2.75) is 32.8 Å². The van der Waals surface area contributed by atoms with Crippen LogP contribution in [0.5, 0.6) is 0 Å². The van der Waals surface area contributed by atoms with Crippen LogP contribution in [0.15, 0.2) is 35.1 Å². The minimum Gasteiger partial charge on any atom is -0.444 e. The lowest BCUT2D eigenvalue weighted by atomic mass is 10.0. The SMILES string of the molecule is Cn1ccnc1C(=O)c1cc(Br)ccc1CCNC(=O)OC(C)(C)C. The maximum Gasteiger partial charge on any atom is 0.407 e. The number of hydrogen-bond donors (Lipinski definition) is 1. The fourth-order valence-corrected chi connectivity index (χ4v) is 2.66. The van der Waals surface area contributed by atoms with Crippen molar-refractivity contribution in [3.8, 4) is 0 Å². The van der Waals surface area contributed by atoms with Crippen LogP contribution >= 0.6 is 15.9 Å². The molecule has 2 rings (SSSR count). The van der Waals surface area contributed by atoms with Crippen LogP contribution in [-0.2, 0) is 18.2 Å². The van der Waals surface area contributed by atoms with E-state index in [1.165, 1.54) is 0 Å². The van der Waals surface area contributed by atoms with Crippen LogP contribution in [0.1, 0.15) is 42.5 Å². The monoisotopic (exact) mass is 407 g/mol. The van der Waals surface area contributed by atoms with E-state index in [9.17, 15) is 9.59 Å². The molecule has 6 nitrogen and oxygen atoms in total. The summed E-state index contributed by atoms with van der Waals surface area (Å²) in [6, 6.07) is 5.52. The number of rotatable bonds is 5. The first-order valence-electron chi connectivity index (χ1n) is 7.94. The van der Waals surface area contributed by atoms with Crippen molar-refractivity contribution in [2.24, 2.45) is 7.05 Å². The van der Waals surface area contributed by atoms with Gasteiger partial charge in [0.1, 0.15) is 5.60 Å². The Morgan fingerprint density at radius 2 is 2.04 bits per heavy atom. The Balaban J connectivity index is 2.10. The number of hydrogen-bond acceptors (Lipinski definition) is 4. The van der Waals surface area contributed by atoms with Gasteiger partial charge in [-0.2, -0.15) is 0 Å². The standard InChI is InChI=1S/C18H22BrN3O3/c1-18(2,3)25-17(24)21-8-7-12-5-6-13(19)11-14(12)15(23)16-20-9-10-22(16)4/h5-6,9-11H,7-8H2,1-4H3,(H,21,24). The molecule has 0 aliphatic carbocycles. The Morgan fingerprint density at radius 3 is 2.64 bits per heavy atom. The largest absolute Gasteiger partial charge is 0.444 e. The molecule has 0 spiro atoms. The number of nitrogens with zero attached hydrogens (tertiary/aromatic N) is 2. The summed E-state index contributed by atoms with van der Waals surface area (Å²) >= 11 is 3.40. The molecule has 0 saturated carbocycles. The molecule has 1 heterocycles. The fraction of sp³-hybridized carbons (Fsp3) is 0.389. The lowest BCUT2D eigenvalue weighted by Crippen LogP contribution is -2.33. The second kappa shape index (κ2) is 7.82. The Morgan fingerprint density at radius 1 is 1.32 bits per heavy atom. The summed E-state index contributed by atoms with van der Waals surface area (Å²) in [5, 5.41) is 2.71. The van der Waals surface area contributed by atoms with Crippen molar-refractivity contribution in [3.05, 3.63) is 52.0 Å². The summed E-state index contributed by atoms with van der Waals surface area (Å²) in [5.74, 6) is 0.223. The number of carbonyl (C=O) groups is 2. The predicted octanol–water partition coefficient (Wildman–Crippen LogP) is 3.48. The predicted molar refractivity (Wildman–Crippen MR) is 98.7 cm³/mol. The van der Waals surface area contributed by atoms with E-state index in [0.29, 0.717) is 24.4 Å². The third-order valence-corrected chi connectivity index (χ3v) is 3.90. The number of amides is 1. The highest BCUT2D eigenvalue weighted by Gasteiger charge is 2.19. The third kappa shape index (κ3) is 5.42. The maximum atomic E-state index is 12.8. The third-order valence-electron chi connectivity index (χ3n) is 3.40. The molecule has 0 aliphatic heterocycles. The Kier molecular flexibility index (Phi) is 6.00. The van der Waals surface area contributed by atoms with Gasteiger partial charge in [-0.15, -0.1) is 0 Å². The first kappa shape index (κ1) is 19.2. The fourth-order valence-electron chi connectivity index (χ4n) is 2.30. The molecule has 0 saturated heterocycles. The van der Waals surface area contributed by atoms with Crippen molar-refractivity contribution in [2.75, 3.05) is 6.54 Å². The second-order valence-corrected chi connectivity index (χ2v) is 7.59. The van der Waals surface area contributed by atoms with Gasteiger partial charge in [-0.05, 0) is 44.9 Å². The first-order chi connectivity index (χ1) is 11.7. The number of imidazole rings is 1. The van der Waals surface area contributed by atoms with E-state index in [0.717, 1.165) is 10.0 Å². The Hall–Kier alpha value is -2.15. The number of aryl methyl sites for hydroxylation is 1. The van der Waals surface area contributed by atoms with Crippen LogP contribution in [0.2, 0.25) is 0 Å². The number of ketones is 1. The molecule has 0 aliphatic rings. The number of alkyl carbamates (subject to hydrolysis) is 1. The first-order valence-corrected chi connectivity index (χ1v) is 8.74. The molecule has 1 aromatic carbocycles. The molecule has 7 heteroatoms. The molecular formula is C18H22BrN3O3. The molecule has 0 unspecified atom stereocenters. The molecule has 0 atom stereocenters. The summed E-state index contributed by atoms with van der Waals surface area (Å²) in [6.07, 6.45) is 3.36. The van der Waals surface area contributed by atoms with Gasteiger partial charge in [0, 0.05) is 36.0 Å². The number of benzene rings is 1. The summed E-state index contributed by atoms with van der Waals surface area (Å²) in [4.78, 5) is 28.6. The van der Waals surface area contributed by atoms with E-state index in [-0.39, 0.29) is 5.78 Å². The zero-order valence-electron chi connectivity index (χ0n) is 14.8. The number of halogens is 1. The smallest absolute Gasteiger partial charge is 0.407 e. The van der Waals surface area contributed by atoms with Crippen LogP contribution in [0.4, 0.5) is 4.79 Å². The molecule has 0 fully saturated rings. The van der Waals surface area contributed by atoms with Crippen molar-refractivity contribution in [1.82, 2.24) is 14.9 Å². The topological polar surface area (TPSA) is 73.2 Å². The average molecular weight is 408 g/mol. The van der Waals surface area contributed by atoms with E-state index in [2.05, 4.69) is 26.2 Å². The maximum absolute atomic E-state index is 12.8. The van der Waals surface area contributed by atoms with Gasteiger partial charge >= 0.3 is 6.09 Å². The summed E-state index contributed by atoms with van der Waals surface area (Å²) in [7, 11) is 1.78. The quantitative estimate of drug-likeness (QED) is 0.769. The van der Waals surface area contributed by atoms with Gasteiger partial charge in [-0.1, -0.05) is 22.0 Å². The molecule has 25 heavy (non-hydrogen) atoms.